The van der Waals surface area contributed by atoms with E-state index in [2.05, 4.69) is 6.58 Å². The average molecular weight is 242 g/mol. The van der Waals surface area contributed by atoms with Crippen LogP contribution >= 0.6 is 0 Å². The monoisotopic (exact) mass is 242 g/mol. The molecule has 0 N–H and O–H groups in total. The van der Waals surface area contributed by atoms with Crippen LogP contribution in [0, 0.1) is 0 Å². The van der Waals surface area contributed by atoms with Gasteiger partial charge in [0.2, 0.25) is 0 Å². The molecule has 1 fully saturated rings. The van der Waals surface area contributed by atoms with Crippen LogP contribution in [0.1, 0.15) is 34.6 Å². The van der Waals surface area contributed by atoms with Crippen molar-refractivity contribution in [2.75, 3.05) is 0 Å². The van der Waals surface area contributed by atoms with Crippen molar-refractivity contribution >= 4 is 8.80 Å². The van der Waals surface area contributed by atoms with Crippen LogP contribution in [0.3, 0.4) is 0 Å². The van der Waals surface area contributed by atoms with Gasteiger partial charge >= 0.3 is 8.80 Å². The van der Waals surface area contributed by atoms with Gasteiger partial charge in [0, 0.05) is 6.04 Å². The third-order valence-corrected chi connectivity index (χ3v) is 6.04. The molecule has 92 valence electrons. The third-order valence-electron chi connectivity index (χ3n) is 3.14. The quantitative estimate of drug-likeness (QED) is 0.430. The lowest BCUT2D eigenvalue weighted by atomic mass is 9.90. The normalized spacial score (nSPS) is 25.8. The lowest BCUT2D eigenvalue weighted by Crippen LogP contribution is -2.41. The minimum Gasteiger partial charge on any atom is -0.508 e. The van der Waals surface area contributed by atoms with Gasteiger partial charge in [-0.15, -0.1) is 0 Å². The molecule has 0 spiro atoms. The van der Waals surface area contributed by atoms with Crippen LogP contribution in [-0.2, 0) is 13.3 Å². The predicted octanol–water partition coefficient (Wildman–Crippen LogP) is 3.27. The Bertz CT molecular complexity index is 279. The second kappa shape index (κ2) is 4.35. The standard InChI is InChI=1S/C12H22O3Si/c1-7-9-10-16(13-8-2)14-11(3,4)12(5,6)15-16/h7-9H,2,10H2,1,3-6H3/b9-7-. The lowest BCUT2D eigenvalue weighted by molar-refractivity contribution is 0.00578. The Morgan fingerprint density at radius 3 is 2.06 bits per heavy atom. The summed E-state index contributed by atoms with van der Waals surface area (Å²) in [5.74, 6) is 0. The average Bonchev–Trinajstić information content (AvgIpc) is 2.30. The van der Waals surface area contributed by atoms with E-state index in [4.69, 9.17) is 13.3 Å². The van der Waals surface area contributed by atoms with E-state index in [-0.39, 0.29) is 11.2 Å². The Balaban J connectivity index is 2.94. The maximum atomic E-state index is 6.07. The van der Waals surface area contributed by atoms with Crippen LogP contribution in [0.5, 0.6) is 0 Å². The summed E-state index contributed by atoms with van der Waals surface area (Å²) in [6, 6.07) is 0.683. The van der Waals surface area contributed by atoms with Gasteiger partial charge < -0.3 is 13.3 Å². The molecule has 1 saturated heterocycles. The van der Waals surface area contributed by atoms with E-state index in [9.17, 15) is 0 Å². The Morgan fingerprint density at radius 1 is 1.19 bits per heavy atom. The fraction of sp³-hybridized carbons (Fsp3) is 0.667. The zero-order chi connectivity index (χ0) is 12.4. The second-order valence-electron chi connectivity index (χ2n) is 4.97. The third kappa shape index (κ3) is 2.39. The first-order valence-electron chi connectivity index (χ1n) is 5.59. The topological polar surface area (TPSA) is 27.7 Å². The minimum atomic E-state index is -2.63. The van der Waals surface area contributed by atoms with Crippen LogP contribution < -0.4 is 0 Å². The van der Waals surface area contributed by atoms with Crippen molar-refractivity contribution in [1.82, 2.24) is 0 Å². The van der Waals surface area contributed by atoms with E-state index >= 15 is 0 Å². The summed E-state index contributed by atoms with van der Waals surface area (Å²) in [5.41, 5.74) is -0.687. The SMILES string of the molecule is C=CO[Si]1(C/C=C\C)OC(C)(C)C(C)(C)O1. The first-order chi connectivity index (χ1) is 7.29. The van der Waals surface area contributed by atoms with Gasteiger partial charge in [0.05, 0.1) is 17.5 Å². The summed E-state index contributed by atoms with van der Waals surface area (Å²) in [4.78, 5) is 0. The largest absolute Gasteiger partial charge is 0.570 e. The first-order valence-corrected chi connectivity index (χ1v) is 7.52. The van der Waals surface area contributed by atoms with Crippen LogP contribution in [0.2, 0.25) is 6.04 Å². The molecule has 0 amide bonds. The minimum absolute atomic E-state index is 0.343. The Labute approximate surface area is 99.5 Å². The number of hydrogen-bond acceptors (Lipinski definition) is 3. The maximum Gasteiger partial charge on any atom is 0.570 e. The van der Waals surface area contributed by atoms with Gasteiger partial charge in [-0.3, -0.25) is 0 Å². The maximum absolute atomic E-state index is 6.07. The zero-order valence-corrected chi connectivity index (χ0v) is 11.9. The van der Waals surface area contributed by atoms with Crippen molar-refractivity contribution in [3.63, 3.8) is 0 Å². The fourth-order valence-electron chi connectivity index (χ4n) is 1.61. The van der Waals surface area contributed by atoms with E-state index in [1.165, 1.54) is 6.26 Å². The molecule has 0 aromatic heterocycles. The van der Waals surface area contributed by atoms with Crippen LogP contribution in [-0.4, -0.2) is 20.0 Å². The molecule has 3 nitrogen and oxygen atoms in total. The van der Waals surface area contributed by atoms with E-state index in [1.54, 1.807) is 0 Å². The summed E-state index contributed by atoms with van der Waals surface area (Å²) < 4.78 is 17.7. The highest BCUT2D eigenvalue weighted by Crippen LogP contribution is 2.43. The van der Waals surface area contributed by atoms with Gasteiger partial charge in [0.1, 0.15) is 0 Å². The van der Waals surface area contributed by atoms with Crippen LogP contribution in [0.4, 0.5) is 0 Å². The summed E-state index contributed by atoms with van der Waals surface area (Å²) in [5, 5.41) is 0. The van der Waals surface area contributed by atoms with Crippen LogP contribution in [0.15, 0.2) is 25.0 Å². The number of hydrogen-bond donors (Lipinski definition) is 0. The molecule has 1 rings (SSSR count). The summed E-state index contributed by atoms with van der Waals surface area (Å²) in [6.45, 7) is 13.7. The number of allylic oxidation sites excluding steroid dienone is 2. The molecule has 0 aromatic rings. The van der Waals surface area contributed by atoms with Gasteiger partial charge in [0.25, 0.3) is 0 Å². The summed E-state index contributed by atoms with van der Waals surface area (Å²) in [7, 11) is -2.63. The van der Waals surface area contributed by atoms with E-state index in [1.807, 2.05) is 46.8 Å². The fourth-order valence-corrected chi connectivity index (χ4v) is 4.84. The van der Waals surface area contributed by atoms with Crippen molar-refractivity contribution in [1.29, 1.82) is 0 Å². The predicted molar refractivity (Wildman–Crippen MR) is 67.0 cm³/mol. The molecular formula is C12H22O3Si. The first kappa shape index (κ1) is 13.5. The molecule has 0 aliphatic carbocycles. The van der Waals surface area contributed by atoms with Gasteiger partial charge in [-0.05, 0) is 34.6 Å². The van der Waals surface area contributed by atoms with Gasteiger partial charge in [0.15, 0.2) is 0 Å². The van der Waals surface area contributed by atoms with E-state index < -0.39 is 8.80 Å². The molecule has 16 heavy (non-hydrogen) atoms. The molecule has 0 unspecified atom stereocenters. The molecule has 0 bridgehead atoms. The van der Waals surface area contributed by atoms with Crippen molar-refractivity contribution in [2.45, 2.75) is 51.9 Å². The molecule has 1 heterocycles. The van der Waals surface area contributed by atoms with Crippen molar-refractivity contribution in [3.8, 4) is 0 Å². The lowest BCUT2D eigenvalue weighted by Gasteiger charge is -2.31. The summed E-state index contributed by atoms with van der Waals surface area (Å²) >= 11 is 0. The smallest absolute Gasteiger partial charge is 0.508 e. The summed E-state index contributed by atoms with van der Waals surface area (Å²) in [6.07, 6.45) is 5.42. The highest BCUT2D eigenvalue weighted by molar-refractivity contribution is 6.62. The molecule has 0 aromatic carbocycles. The highest BCUT2D eigenvalue weighted by atomic mass is 28.4. The van der Waals surface area contributed by atoms with Crippen molar-refractivity contribution < 1.29 is 13.3 Å². The zero-order valence-electron chi connectivity index (χ0n) is 10.9. The van der Waals surface area contributed by atoms with Crippen molar-refractivity contribution in [3.05, 3.63) is 25.0 Å². The van der Waals surface area contributed by atoms with Gasteiger partial charge in [-0.25, -0.2) is 0 Å². The van der Waals surface area contributed by atoms with E-state index in [0.29, 0.717) is 6.04 Å². The molecule has 1 aliphatic heterocycles. The Morgan fingerprint density at radius 2 is 1.69 bits per heavy atom. The van der Waals surface area contributed by atoms with Crippen LogP contribution in [0.25, 0.3) is 0 Å². The van der Waals surface area contributed by atoms with Gasteiger partial charge in [-0.1, -0.05) is 18.7 Å². The second-order valence-corrected chi connectivity index (χ2v) is 7.38. The Kier molecular flexibility index (Phi) is 3.67. The Hall–Kier alpha value is -0.583. The molecule has 1 aliphatic rings. The van der Waals surface area contributed by atoms with Crippen molar-refractivity contribution in [2.24, 2.45) is 0 Å². The molecule has 0 saturated carbocycles. The molecular weight excluding hydrogens is 220 g/mol. The molecule has 0 atom stereocenters. The highest BCUT2D eigenvalue weighted by Gasteiger charge is 2.62. The number of rotatable bonds is 4. The van der Waals surface area contributed by atoms with E-state index in [0.717, 1.165) is 0 Å². The van der Waals surface area contributed by atoms with Gasteiger partial charge in [-0.2, -0.15) is 0 Å². The molecule has 0 radical (unpaired) electrons. The molecule has 4 heteroatoms.